The number of cyclic esters (lactones) is 1. The molecule has 0 spiro atoms. The molecule has 1 heterocycles. The molecule has 94 valence electrons. The van der Waals surface area contributed by atoms with Crippen molar-refractivity contribution < 1.29 is 13.9 Å². The van der Waals surface area contributed by atoms with Crippen LogP contribution in [-0.2, 0) is 4.74 Å². The van der Waals surface area contributed by atoms with Gasteiger partial charge in [0.2, 0.25) is 0 Å². The molecule has 2 rings (SSSR count). The average Bonchev–Trinajstić information content (AvgIpc) is 2.22. The number of halogens is 2. The number of ether oxygens (including phenoxy) is 1. The molecule has 0 unspecified atom stereocenters. The van der Waals surface area contributed by atoms with Gasteiger partial charge >= 0.3 is 6.09 Å². The van der Waals surface area contributed by atoms with Crippen LogP contribution in [0.3, 0.4) is 0 Å². The Morgan fingerprint density at radius 3 is 2.82 bits per heavy atom. The minimum atomic E-state index is -0.450. The second-order valence-corrected chi connectivity index (χ2v) is 4.70. The summed E-state index contributed by atoms with van der Waals surface area (Å²) in [6.07, 6.45) is -0.450. The van der Waals surface area contributed by atoms with E-state index in [1.165, 1.54) is 12.1 Å². The summed E-state index contributed by atoms with van der Waals surface area (Å²) in [5.41, 5.74) is 0.517. The molecule has 1 aliphatic rings. The van der Waals surface area contributed by atoms with E-state index in [0.717, 1.165) is 5.56 Å². The summed E-state index contributed by atoms with van der Waals surface area (Å²) >= 11 is 0. The Morgan fingerprint density at radius 2 is 2.18 bits per heavy atom. The van der Waals surface area contributed by atoms with E-state index in [1.54, 1.807) is 12.1 Å². The van der Waals surface area contributed by atoms with Crippen molar-refractivity contribution in [3.8, 4) is 0 Å². The third-order valence-corrected chi connectivity index (χ3v) is 2.80. The number of hydrogen-bond donors (Lipinski definition) is 1. The van der Waals surface area contributed by atoms with Crippen molar-refractivity contribution in [1.82, 2.24) is 5.32 Å². The van der Waals surface area contributed by atoms with Crippen molar-refractivity contribution in [2.24, 2.45) is 5.41 Å². The van der Waals surface area contributed by atoms with Crippen LogP contribution >= 0.6 is 12.4 Å². The Hall–Kier alpha value is -1.29. The highest BCUT2D eigenvalue weighted by atomic mass is 35.5. The molecule has 1 aromatic carbocycles. The first-order valence-electron chi connectivity index (χ1n) is 5.18. The van der Waals surface area contributed by atoms with Gasteiger partial charge in [0.1, 0.15) is 12.4 Å². The van der Waals surface area contributed by atoms with Gasteiger partial charge in [0, 0.05) is 5.41 Å². The molecule has 0 aliphatic carbocycles. The lowest BCUT2D eigenvalue weighted by Crippen LogP contribution is -2.46. The number of rotatable bonds is 1. The number of carbonyl (C=O) groups excluding carboxylic acids is 1. The molecule has 1 aromatic rings. The molecule has 17 heavy (non-hydrogen) atoms. The van der Waals surface area contributed by atoms with E-state index in [0.29, 0.717) is 6.61 Å². The molecule has 0 radical (unpaired) electrons. The third kappa shape index (κ3) is 2.88. The van der Waals surface area contributed by atoms with Crippen LogP contribution in [0.1, 0.15) is 25.5 Å². The highest BCUT2D eigenvalue weighted by molar-refractivity contribution is 5.85. The fourth-order valence-electron chi connectivity index (χ4n) is 1.91. The Bertz CT molecular complexity index is 423. The first-order chi connectivity index (χ1) is 7.49. The molecular formula is C12H15ClFNO2. The topological polar surface area (TPSA) is 38.3 Å². The fourth-order valence-corrected chi connectivity index (χ4v) is 1.91. The maximum absolute atomic E-state index is 13.1. The second-order valence-electron chi connectivity index (χ2n) is 4.70. The fraction of sp³-hybridized carbons (Fsp3) is 0.417. The summed E-state index contributed by atoms with van der Waals surface area (Å²) in [5, 5.41) is 2.72. The molecule has 1 fully saturated rings. The van der Waals surface area contributed by atoms with E-state index in [2.05, 4.69) is 5.32 Å². The summed E-state index contributed by atoms with van der Waals surface area (Å²) < 4.78 is 18.1. The number of benzene rings is 1. The van der Waals surface area contributed by atoms with Crippen molar-refractivity contribution >= 4 is 18.5 Å². The normalized spacial score (nSPS) is 22.1. The summed E-state index contributed by atoms with van der Waals surface area (Å²) in [4.78, 5) is 11.2. The number of carbonyl (C=O) groups is 1. The highest BCUT2D eigenvalue weighted by Gasteiger charge is 2.37. The molecule has 0 aromatic heterocycles. The predicted octanol–water partition coefficient (Wildman–Crippen LogP) is 3.05. The van der Waals surface area contributed by atoms with Gasteiger partial charge in [-0.15, -0.1) is 12.4 Å². The van der Waals surface area contributed by atoms with Crippen LogP contribution < -0.4 is 5.32 Å². The van der Waals surface area contributed by atoms with Crippen molar-refractivity contribution in [3.05, 3.63) is 35.6 Å². The largest absolute Gasteiger partial charge is 0.449 e. The summed E-state index contributed by atoms with van der Waals surface area (Å²) in [6, 6.07) is 6.06. The molecule has 0 saturated carbocycles. The van der Waals surface area contributed by atoms with Gasteiger partial charge in [-0.25, -0.2) is 9.18 Å². The van der Waals surface area contributed by atoms with Crippen molar-refractivity contribution in [1.29, 1.82) is 0 Å². The Labute approximate surface area is 106 Å². The zero-order chi connectivity index (χ0) is 11.8. The number of alkyl carbamates (subject to hydrolysis) is 1. The summed E-state index contributed by atoms with van der Waals surface area (Å²) in [5.74, 6) is -0.297. The number of amides is 1. The maximum atomic E-state index is 13.1. The zero-order valence-electron chi connectivity index (χ0n) is 9.70. The van der Waals surface area contributed by atoms with Crippen LogP contribution in [0.2, 0.25) is 0 Å². The number of nitrogens with one attached hydrogen (secondary N) is 1. The van der Waals surface area contributed by atoms with E-state index in [9.17, 15) is 9.18 Å². The smallest absolute Gasteiger partial charge is 0.407 e. The lowest BCUT2D eigenvalue weighted by atomic mass is 9.80. The summed E-state index contributed by atoms with van der Waals surface area (Å²) in [7, 11) is 0. The minimum Gasteiger partial charge on any atom is -0.449 e. The summed E-state index contributed by atoms with van der Waals surface area (Å²) in [6.45, 7) is 4.28. The van der Waals surface area contributed by atoms with Crippen molar-refractivity contribution in [2.75, 3.05) is 6.61 Å². The molecule has 1 atom stereocenters. The molecule has 0 bridgehead atoms. The standard InChI is InChI=1S/C12H14FNO2.ClH/c1-12(2)7-16-11(15)14-10(12)8-4-3-5-9(13)6-8;/h3-6,10H,7H2,1-2H3,(H,14,15);1H/t10-;/m0./s1. The maximum Gasteiger partial charge on any atom is 0.407 e. The Kier molecular flexibility index (Phi) is 3.98. The van der Waals surface area contributed by atoms with Gasteiger partial charge in [-0.05, 0) is 17.7 Å². The molecule has 1 aliphatic heterocycles. The second kappa shape index (κ2) is 4.92. The van der Waals surface area contributed by atoms with Gasteiger partial charge in [0.05, 0.1) is 6.04 Å². The Balaban J connectivity index is 0.00000144. The third-order valence-electron chi connectivity index (χ3n) is 2.80. The quantitative estimate of drug-likeness (QED) is 0.842. The van der Waals surface area contributed by atoms with Crippen LogP contribution in [0.4, 0.5) is 9.18 Å². The van der Waals surface area contributed by atoms with E-state index >= 15 is 0 Å². The number of hydrogen-bond acceptors (Lipinski definition) is 2. The lowest BCUT2D eigenvalue weighted by molar-refractivity contribution is 0.0386. The van der Waals surface area contributed by atoms with E-state index in [4.69, 9.17) is 4.74 Å². The molecule has 3 nitrogen and oxygen atoms in total. The van der Waals surface area contributed by atoms with E-state index < -0.39 is 6.09 Å². The molecule has 1 N–H and O–H groups in total. The van der Waals surface area contributed by atoms with Crippen LogP contribution in [0.5, 0.6) is 0 Å². The lowest BCUT2D eigenvalue weighted by Gasteiger charge is -2.38. The van der Waals surface area contributed by atoms with Gasteiger partial charge in [-0.2, -0.15) is 0 Å². The van der Waals surface area contributed by atoms with Gasteiger partial charge in [-0.3, -0.25) is 0 Å². The Morgan fingerprint density at radius 1 is 1.47 bits per heavy atom. The molecule has 5 heteroatoms. The first-order valence-corrected chi connectivity index (χ1v) is 5.18. The monoisotopic (exact) mass is 259 g/mol. The van der Waals surface area contributed by atoms with Gasteiger partial charge in [0.15, 0.2) is 0 Å². The van der Waals surface area contributed by atoms with E-state index in [-0.39, 0.29) is 29.7 Å². The van der Waals surface area contributed by atoms with Gasteiger partial charge in [-0.1, -0.05) is 26.0 Å². The molecule has 1 amide bonds. The minimum absolute atomic E-state index is 0. The van der Waals surface area contributed by atoms with Crippen molar-refractivity contribution in [3.63, 3.8) is 0 Å². The highest BCUT2D eigenvalue weighted by Crippen LogP contribution is 2.36. The average molecular weight is 260 g/mol. The van der Waals surface area contributed by atoms with E-state index in [1.807, 2.05) is 13.8 Å². The van der Waals surface area contributed by atoms with Crippen LogP contribution in [0.15, 0.2) is 24.3 Å². The van der Waals surface area contributed by atoms with Crippen LogP contribution in [0.25, 0.3) is 0 Å². The van der Waals surface area contributed by atoms with Crippen LogP contribution in [-0.4, -0.2) is 12.7 Å². The zero-order valence-corrected chi connectivity index (χ0v) is 10.5. The van der Waals surface area contributed by atoms with Gasteiger partial charge in [0.25, 0.3) is 0 Å². The predicted molar refractivity (Wildman–Crippen MR) is 64.7 cm³/mol. The molecule has 1 saturated heterocycles. The van der Waals surface area contributed by atoms with Gasteiger partial charge < -0.3 is 10.1 Å². The van der Waals surface area contributed by atoms with Crippen LogP contribution in [0, 0.1) is 11.2 Å². The van der Waals surface area contributed by atoms with Crippen molar-refractivity contribution in [2.45, 2.75) is 19.9 Å². The molecular weight excluding hydrogens is 245 g/mol. The first kappa shape index (κ1) is 13.8. The SMILES string of the molecule is CC1(C)COC(=O)N[C@H]1c1cccc(F)c1.Cl.